The fraction of sp³-hybridized carbons (Fsp3) is 0.560. The number of carbonyl (C=O) groups excluding carboxylic acids is 2. The minimum absolute atomic E-state index is 0. The summed E-state index contributed by atoms with van der Waals surface area (Å²) in [5.41, 5.74) is 0.405. The molecule has 1 saturated carbocycles. The summed E-state index contributed by atoms with van der Waals surface area (Å²) in [4.78, 5) is 41.3. The van der Waals surface area contributed by atoms with Crippen molar-refractivity contribution in [2.75, 3.05) is 32.8 Å². The van der Waals surface area contributed by atoms with E-state index in [4.69, 9.17) is 4.74 Å². The van der Waals surface area contributed by atoms with Gasteiger partial charge in [-0.2, -0.15) is 0 Å². The van der Waals surface area contributed by atoms with Gasteiger partial charge in [0.05, 0.1) is 19.2 Å². The van der Waals surface area contributed by atoms with Gasteiger partial charge < -0.3 is 14.5 Å². The van der Waals surface area contributed by atoms with Crippen molar-refractivity contribution >= 4 is 11.8 Å². The Hall–Kier alpha value is -3.03. The fourth-order valence-corrected chi connectivity index (χ4v) is 4.40. The van der Waals surface area contributed by atoms with Gasteiger partial charge in [0.2, 0.25) is 5.91 Å². The van der Waals surface area contributed by atoms with Crippen molar-refractivity contribution in [1.82, 2.24) is 24.8 Å². The monoisotopic (exact) mass is 453 g/mol. The number of carbonyl (C=O) groups is 2. The van der Waals surface area contributed by atoms with Gasteiger partial charge in [-0.25, -0.2) is 15.0 Å². The summed E-state index contributed by atoms with van der Waals surface area (Å²) < 4.78 is 5.84. The van der Waals surface area contributed by atoms with Gasteiger partial charge in [-0.1, -0.05) is 39.5 Å². The summed E-state index contributed by atoms with van der Waals surface area (Å²) in [6, 6.07) is 5.27. The highest BCUT2D eigenvalue weighted by Gasteiger charge is 2.26. The number of piperazine rings is 1. The van der Waals surface area contributed by atoms with E-state index in [1.54, 1.807) is 40.5 Å². The molecule has 0 atom stereocenters. The van der Waals surface area contributed by atoms with Crippen molar-refractivity contribution in [2.45, 2.75) is 52.4 Å². The second-order valence-corrected chi connectivity index (χ2v) is 8.54. The molecular formula is C25H35N5O3. The molecular weight excluding hydrogens is 418 g/mol. The molecule has 33 heavy (non-hydrogen) atoms. The maximum absolute atomic E-state index is 12.8. The van der Waals surface area contributed by atoms with Crippen molar-refractivity contribution in [3.63, 3.8) is 0 Å². The molecule has 8 heteroatoms. The van der Waals surface area contributed by atoms with Crippen LogP contribution in [0.25, 0.3) is 0 Å². The van der Waals surface area contributed by atoms with Gasteiger partial charge in [-0.15, -0.1) is 0 Å². The molecule has 0 spiro atoms. The molecule has 2 fully saturated rings. The Kier molecular flexibility index (Phi) is 9.15. The fourth-order valence-electron chi connectivity index (χ4n) is 4.40. The van der Waals surface area contributed by atoms with Gasteiger partial charge in [0.15, 0.2) is 0 Å². The van der Waals surface area contributed by atoms with Crippen LogP contribution >= 0.6 is 0 Å². The van der Waals surface area contributed by atoms with E-state index >= 15 is 0 Å². The van der Waals surface area contributed by atoms with Gasteiger partial charge in [0.1, 0.15) is 17.3 Å². The zero-order chi connectivity index (χ0) is 22.2. The van der Waals surface area contributed by atoms with Crippen LogP contribution in [0.2, 0.25) is 0 Å². The smallest absolute Gasteiger partial charge is 0.272 e. The lowest BCUT2D eigenvalue weighted by Gasteiger charge is -2.34. The summed E-state index contributed by atoms with van der Waals surface area (Å²) in [5, 5.41) is 0. The Bertz CT molecular complexity index is 877. The van der Waals surface area contributed by atoms with Gasteiger partial charge in [-0.05, 0) is 30.5 Å². The molecule has 1 saturated heterocycles. The zero-order valence-corrected chi connectivity index (χ0v) is 18.5. The quantitative estimate of drug-likeness (QED) is 0.639. The molecule has 3 heterocycles. The summed E-state index contributed by atoms with van der Waals surface area (Å²) in [7, 11) is 0. The van der Waals surface area contributed by atoms with E-state index in [0.29, 0.717) is 50.1 Å². The Morgan fingerprint density at radius 2 is 1.64 bits per heavy atom. The Morgan fingerprint density at radius 3 is 2.30 bits per heavy atom. The first-order valence-electron chi connectivity index (χ1n) is 11.6. The van der Waals surface area contributed by atoms with Crippen LogP contribution in [0.1, 0.15) is 62.3 Å². The third-order valence-corrected chi connectivity index (χ3v) is 6.32. The molecule has 2 amide bonds. The van der Waals surface area contributed by atoms with E-state index in [-0.39, 0.29) is 25.7 Å². The van der Waals surface area contributed by atoms with E-state index < -0.39 is 0 Å². The molecule has 1 aliphatic heterocycles. The molecule has 8 nitrogen and oxygen atoms in total. The Balaban J connectivity index is 0.00000306. The van der Waals surface area contributed by atoms with Gasteiger partial charge in [0.25, 0.3) is 5.91 Å². The first kappa shape index (κ1) is 24.6. The van der Waals surface area contributed by atoms with Crippen molar-refractivity contribution in [3.8, 4) is 5.75 Å². The topological polar surface area (TPSA) is 88.5 Å². The second kappa shape index (κ2) is 12.3. The molecule has 1 aliphatic carbocycles. The van der Waals surface area contributed by atoms with Crippen LogP contribution in [0.5, 0.6) is 5.75 Å². The third-order valence-electron chi connectivity index (χ3n) is 6.32. The molecule has 0 bridgehead atoms. The predicted molar refractivity (Wildman–Crippen MR) is 126 cm³/mol. The van der Waals surface area contributed by atoms with Crippen LogP contribution in [0.3, 0.4) is 0 Å². The second-order valence-electron chi connectivity index (χ2n) is 8.54. The molecule has 0 aromatic carbocycles. The lowest BCUT2D eigenvalue weighted by molar-refractivity contribution is -0.132. The van der Waals surface area contributed by atoms with Crippen LogP contribution < -0.4 is 4.74 Å². The highest BCUT2D eigenvalue weighted by molar-refractivity contribution is 5.92. The minimum atomic E-state index is -0.114. The number of nitrogens with zero attached hydrogens (tertiary/aromatic N) is 5. The largest absolute Gasteiger partial charge is 0.492 e. The van der Waals surface area contributed by atoms with Crippen molar-refractivity contribution in [2.24, 2.45) is 5.92 Å². The molecule has 2 aromatic rings. The van der Waals surface area contributed by atoms with E-state index in [1.165, 1.54) is 32.1 Å². The number of ether oxygens (including phenoxy) is 1. The molecule has 2 aliphatic rings. The van der Waals surface area contributed by atoms with E-state index in [1.807, 2.05) is 6.07 Å². The van der Waals surface area contributed by atoms with Crippen molar-refractivity contribution in [3.05, 3.63) is 48.3 Å². The third kappa shape index (κ3) is 6.97. The number of pyridine rings is 1. The zero-order valence-electron chi connectivity index (χ0n) is 18.5. The van der Waals surface area contributed by atoms with Gasteiger partial charge >= 0.3 is 0 Å². The van der Waals surface area contributed by atoms with Gasteiger partial charge in [0, 0.05) is 38.6 Å². The maximum Gasteiger partial charge on any atom is 0.272 e. The summed E-state index contributed by atoms with van der Waals surface area (Å²) >= 11 is 0. The van der Waals surface area contributed by atoms with Crippen LogP contribution in [-0.2, 0) is 11.2 Å². The molecule has 0 N–H and O–H groups in total. The Morgan fingerprint density at radius 1 is 0.939 bits per heavy atom. The van der Waals surface area contributed by atoms with Crippen LogP contribution in [0.15, 0.2) is 36.8 Å². The molecule has 178 valence electrons. The average Bonchev–Trinajstić information content (AvgIpc) is 2.85. The summed E-state index contributed by atoms with van der Waals surface area (Å²) in [6.07, 6.45) is 12.8. The first-order valence-corrected chi connectivity index (χ1v) is 11.6. The molecule has 0 radical (unpaired) electrons. The molecule has 2 aromatic heterocycles. The summed E-state index contributed by atoms with van der Waals surface area (Å²) in [5.74, 6) is 1.87. The molecule has 0 unspecified atom stereocenters. The van der Waals surface area contributed by atoms with E-state index in [0.717, 1.165) is 12.3 Å². The highest BCUT2D eigenvalue weighted by Crippen LogP contribution is 2.26. The van der Waals surface area contributed by atoms with Crippen LogP contribution in [0, 0.1) is 5.92 Å². The van der Waals surface area contributed by atoms with Gasteiger partial charge in [-0.3, -0.25) is 9.59 Å². The van der Waals surface area contributed by atoms with Crippen molar-refractivity contribution in [1.29, 1.82) is 0 Å². The van der Waals surface area contributed by atoms with Crippen LogP contribution in [-0.4, -0.2) is 69.4 Å². The van der Waals surface area contributed by atoms with E-state index in [2.05, 4.69) is 15.0 Å². The normalized spacial score (nSPS) is 16.7. The predicted octanol–water partition coefficient (Wildman–Crippen LogP) is 3.38. The highest BCUT2D eigenvalue weighted by atomic mass is 16.5. The van der Waals surface area contributed by atoms with E-state index in [9.17, 15) is 9.59 Å². The number of rotatable bonds is 7. The number of hydrogen-bond donors (Lipinski definition) is 0. The standard InChI is InChI=1S/C24H31N5O3.CH4/c30-23(17-22-25-10-4-11-26-22)28-12-14-29(15-13-28)24(31)21-8-7-20(18-27-21)32-16-9-19-5-2-1-3-6-19;/h4,7-8,10-11,18-19H,1-3,5-6,9,12-17H2;1H4. The first-order chi connectivity index (χ1) is 15.7. The lowest BCUT2D eigenvalue weighted by Crippen LogP contribution is -2.51. The Labute approximate surface area is 196 Å². The number of aromatic nitrogens is 3. The number of amides is 2. The SMILES string of the molecule is C.O=C(Cc1ncccn1)N1CCN(C(=O)c2ccc(OCCC3CCCCC3)cn2)CC1. The lowest BCUT2D eigenvalue weighted by atomic mass is 9.87. The van der Waals surface area contributed by atoms with Crippen molar-refractivity contribution < 1.29 is 14.3 Å². The molecule has 4 rings (SSSR count). The summed E-state index contributed by atoms with van der Waals surface area (Å²) in [6.45, 7) is 2.67. The maximum atomic E-state index is 12.8. The van der Waals surface area contributed by atoms with Crippen LogP contribution in [0.4, 0.5) is 0 Å². The minimum Gasteiger partial charge on any atom is -0.492 e. The number of hydrogen-bond acceptors (Lipinski definition) is 6. The average molecular weight is 454 g/mol.